The molecule has 0 unspecified atom stereocenters. The highest BCUT2D eigenvalue weighted by molar-refractivity contribution is 5.89. The Morgan fingerprint density at radius 1 is 1.29 bits per heavy atom. The molecule has 6 nitrogen and oxygen atoms in total. The molecule has 0 bridgehead atoms. The minimum Gasteiger partial charge on any atom is -0.323 e. The van der Waals surface area contributed by atoms with E-state index < -0.39 is 0 Å². The zero-order valence-corrected chi connectivity index (χ0v) is 16.9. The Morgan fingerprint density at radius 3 is 2.68 bits per heavy atom. The lowest BCUT2D eigenvalue weighted by Crippen LogP contribution is -2.46. The van der Waals surface area contributed by atoms with Crippen LogP contribution in [0.3, 0.4) is 0 Å². The van der Waals surface area contributed by atoms with Gasteiger partial charge in [0.2, 0.25) is 0 Å². The van der Waals surface area contributed by atoms with Crippen molar-refractivity contribution in [2.24, 2.45) is 5.92 Å². The number of nitrogens with one attached hydrogen (secondary N) is 1. The van der Waals surface area contributed by atoms with Crippen molar-refractivity contribution in [3.8, 4) is 0 Å². The lowest BCUT2D eigenvalue weighted by Gasteiger charge is -2.34. The summed E-state index contributed by atoms with van der Waals surface area (Å²) in [7, 11) is 0. The molecule has 1 aromatic heterocycles. The molecule has 1 N–H and O–H groups in total. The van der Waals surface area contributed by atoms with Gasteiger partial charge in [0.05, 0.1) is 11.9 Å². The van der Waals surface area contributed by atoms with E-state index in [4.69, 9.17) is 0 Å². The number of hydrogen-bond donors (Lipinski definition) is 1. The number of carbonyl (C=O) groups is 1. The van der Waals surface area contributed by atoms with Gasteiger partial charge in [-0.1, -0.05) is 26.0 Å². The van der Waals surface area contributed by atoms with Gasteiger partial charge in [0.25, 0.3) is 0 Å². The number of benzene rings is 1. The standard InChI is InChI=1S/C21H30FN5O/c1-4-27-14-19(12-23-27)24-21(28)26-11-5-10-25(20(15-26)16(2)3)13-17-6-8-18(22)9-7-17/h6-9,12,14,16,20H,4-5,10-11,13,15H2,1-3H3,(H,24,28)/t20-/m0/s1. The van der Waals surface area contributed by atoms with Crippen molar-refractivity contribution >= 4 is 11.7 Å². The van der Waals surface area contributed by atoms with Gasteiger partial charge in [-0.3, -0.25) is 9.58 Å². The molecule has 1 atom stereocenters. The molecule has 0 aliphatic carbocycles. The van der Waals surface area contributed by atoms with Crippen LogP contribution in [-0.2, 0) is 13.1 Å². The van der Waals surface area contributed by atoms with Crippen molar-refractivity contribution < 1.29 is 9.18 Å². The Labute approximate surface area is 166 Å². The SMILES string of the molecule is CCn1cc(NC(=O)N2CCCN(Cc3ccc(F)cc3)[C@H](C(C)C)C2)cn1. The smallest absolute Gasteiger partial charge is 0.321 e. The number of anilines is 1. The van der Waals surface area contributed by atoms with E-state index in [1.807, 2.05) is 30.2 Å². The minimum absolute atomic E-state index is 0.0788. The summed E-state index contributed by atoms with van der Waals surface area (Å²) in [5, 5.41) is 7.18. The second-order valence-corrected chi connectivity index (χ2v) is 7.72. The number of halogens is 1. The lowest BCUT2D eigenvalue weighted by atomic mass is 10.0. The van der Waals surface area contributed by atoms with E-state index in [0.29, 0.717) is 12.5 Å². The molecule has 1 fully saturated rings. The Morgan fingerprint density at radius 2 is 2.04 bits per heavy atom. The molecule has 28 heavy (non-hydrogen) atoms. The first kappa shape index (κ1) is 20.3. The van der Waals surface area contributed by atoms with Gasteiger partial charge >= 0.3 is 6.03 Å². The fourth-order valence-corrected chi connectivity index (χ4v) is 3.70. The molecule has 2 heterocycles. The molecule has 2 aromatic rings. The fourth-order valence-electron chi connectivity index (χ4n) is 3.70. The quantitative estimate of drug-likeness (QED) is 0.849. The summed E-state index contributed by atoms with van der Waals surface area (Å²) < 4.78 is 15.0. The molecule has 3 rings (SSSR count). The molecule has 2 amide bonds. The van der Waals surface area contributed by atoms with Crippen LogP contribution in [0.15, 0.2) is 36.7 Å². The predicted octanol–water partition coefficient (Wildman–Crippen LogP) is 3.81. The highest BCUT2D eigenvalue weighted by Crippen LogP contribution is 2.21. The molecule has 1 aliphatic heterocycles. The molecule has 1 aromatic carbocycles. The summed E-state index contributed by atoms with van der Waals surface area (Å²) in [4.78, 5) is 17.1. The van der Waals surface area contributed by atoms with Crippen molar-refractivity contribution in [3.63, 3.8) is 0 Å². The van der Waals surface area contributed by atoms with Crippen LogP contribution in [0.1, 0.15) is 32.8 Å². The van der Waals surface area contributed by atoms with Gasteiger partial charge in [-0.2, -0.15) is 5.10 Å². The van der Waals surface area contributed by atoms with Crippen LogP contribution in [0.25, 0.3) is 0 Å². The molecule has 1 aliphatic rings. The molecule has 0 saturated carbocycles. The summed E-state index contributed by atoms with van der Waals surface area (Å²) in [5.41, 5.74) is 1.82. The molecule has 7 heteroatoms. The van der Waals surface area contributed by atoms with Crippen molar-refractivity contribution in [3.05, 3.63) is 48.0 Å². The van der Waals surface area contributed by atoms with Crippen molar-refractivity contribution in [2.45, 2.75) is 46.3 Å². The zero-order valence-electron chi connectivity index (χ0n) is 16.9. The summed E-state index contributed by atoms with van der Waals surface area (Å²) in [6.45, 7) is 10.2. The van der Waals surface area contributed by atoms with E-state index in [0.717, 1.165) is 43.9 Å². The van der Waals surface area contributed by atoms with Gasteiger partial charge in [0.15, 0.2) is 0 Å². The Bertz CT molecular complexity index is 773. The summed E-state index contributed by atoms with van der Waals surface area (Å²) in [6, 6.07) is 6.87. The number of amides is 2. The van der Waals surface area contributed by atoms with Crippen LogP contribution in [0, 0.1) is 11.7 Å². The maximum Gasteiger partial charge on any atom is 0.321 e. The summed E-state index contributed by atoms with van der Waals surface area (Å²) in [5.74, 6) is 0.186. The number of aryl methyl sites for hydroxylation is 1. The average molecular weight is 388 g/mol. The van der Waals surface area contributed by atoms with Crippen LogP contribution in [0.2, 0.25) is 0 Å². The molecule has 152 valence electrons. The molecule has 0 radical (unpaired) electrons. The van der Waals surface area contributed by atoms with Gasteiger partial charge in [-0.05, 0) is 37.0 Å². The van der Waals surface area contributed by atoms with Gasteiger partial charge in [-0.25, -0.2) is 9.18 Å². The number of urea groups is 1. The topological polar surface area (TPSA) is 53.4 Å². The van der Waals surface area contributed by atoms with Crippen molar-refractivity contribution in [1.82, 2.24) is 19.6 Å². The number of hydrogen-bond acceptors (Lipinski definition) is 3. The first-order valence-corrected chi connectivity index (χ1v) is 10.0. The van der Waals surface area contributed by atoms with E-state index in [-0.39, 0.29) is 17.9 Å². The third kappa shape index (κ3) is 5.10. The first-order valence-electron chi connectivity index (χ1n) is 10.0. The largest absolute Gasteiger partial charge is 0.323 e. The summed E-state index contributed by atoms with van der Waals surface area (Å²) >= 11 is 0. The Kier molecular flexibility index (Phi) is 6.67. The monoisotopic (exact) mass is 387 g/mol. The second-order valence-electron chi connectivity index (χ2n) is 7.72. The number of rotatable bonds is 5. The maximum absolute atomic E-state index is 13.2. The van der Waals surface area contributed by atoms with Gasteiger partial charge < -0.3 is 10.2 Å². The molecule has 1 saturated heterocycles. The van der Waals surface area contributed by atoms with Gasteiger partial charge in [-0.15, -0.1) is 0 Å². The van der Waals surface area contributed by atoms with E-state index in [1.165, 1.54) is 12.1 Å². The number of aromatic nitrogens is 2. The molecular weight excluding hydrogens is 357 g/mol. The van der Waals surface area contributed by atoms with Crippen molar-refractivity contribution in [2.75, 3.05) is 25.0 Å². The van der Waals surface area contributed by atoms with Crippen LogP contribution in [0.5, 0.6) is 0 Å². The van der Waals surface area contributed by atoms with Crippen LogP contribution < -0.4 is 5.32 Å². The van der Waals surface area contributed by atoms with Crippen LogP contribution >= 0.6 is 0 Å². The lowest BCUT2D eigenvalue weighted by molar-refractivity contribution is 0.138. The summed E-state index contributed by atoms with van der Waals surface area (Å²) in [6.07, 6.45) is 4.43. The van der Waals surface area contributed by atoms with Gasteiger partial charge in [0, 0.05) is 45.0 Å². The zero-order chi connectivity index (χ0) is 20.1. The fraction of sp³-hybridized carbons (Fsp3) is 0.524. The molecular formula is C21H30FN5O. The van der Waals surface area contributed by atoms with Gasteiger partial charge in [0.1, 0.15) is 5.82 Å². The normalized spacial score (nSPS) is 18.3. The third-order valence-corrected chi connectivity index (χ3v) is 5.31. The van der Waals surface area contributed by atoms with E-state index in [1.54, 1.807) is 10.9 Å². The molecule has 0 spiro atoms. The second kappa shape index (κ2) is 9.19. The van der Waals surface area contributed by atoms with E-state index in [9.17, 15) is 9.18 Å². The first-order chi connectivity index (χ1) is 13.5. The predicted molar refractivity (Wildman–Crippen MR) is 109 cm³/mol. The van der Waals surface area contributed by atoms with E-state index in [2.05, 4.69) is 29.2 Å². The maximum atomic E-state index is 13.2. The van der Waals surface area contributed by atoms with Crippen LogP contribution in [-0.4, -0.2) is 51.3 Å². The number of carbonyl (C=O) groups excluding carboxylic acids is 1. The Balaban J connectivity index is 1.67. The average Bonchev–Trinajstić information content (AvgIpc) is 3.01. The highest BCUT2D eigenvalue weighted by atomic mass is 19.1. The van der Waals surface area contributed by atoms with Crippen molar-refractivity contribution in [1.29, 1.82) is 0 Å². The van der Waals surface area contributed by atoms with Crippen LogP contribution in [0.4, 0.5) is 14.9 Å². The Hall–Kier alpha value is -2.41. The third-order valence-electron chi connectivity index (χ3n) is 5.31. The minimum atomic E-state index is -0.214. The van der Waals surface area contributed by atoms with E-state index >= 15 is 0 Å². The highest BCUT2D eigenvalue weighted by Gasteiger charge is 2.29. The number of nitrogens with zero attached hydrogens (tertiary/aromatic N) is 4.